The van der Waals surface area contributed by atoms with Gasteiger partial charge in [-0.3, -0.25) is 0 Å². The average Bonchev–Trinajstić information content (AvgIpc) is 2.23. The fourth-order valence-electron chi connectivity index (χ4n) is 1.43. The van der Waals surface area contributed by atoms with E-state index in [0.29, 0.717) is 0 Å². The molecule has 0 aromatic heterocycles. The molecule has 1 atom stereocenters. The van der Waals surface area contributed by atoms with Crippen molar-refractivity contribution in [2.24, 2.45) is 5.73 Å². The van der Waals surface area contributed by atoms with Gasteiger partial charge in [-0.2, -0.15) is 39.5 Å². The standard InChI is InChI=1S/C10H6F9N/c11-8(12,13)4-1-2-6(9(14,15)16)5(3-4)7(20)10(17,18)19/h1-3,7H,20H2/t7-/m0/s1. The molecule has 0 aliphatic rings. The van der Waals surface area contributed by atoms with Gasteiger partial charge in [-0.05, 0) is 23.8 Å². The quantitative estimate of drug-likeness (QED) is 0.770. The average molecular weight is 311 g/mol. The second-order valence-electron chi connectivity index (χ2n) is 3.82. The van der Waals surface area contributed by atoms with Gasteiger partial charge >= 0.3 is 18.5 Å². The van der Waals surface area contributed by atoms with Gasteiger partial charge in [0.15, 0.2) is 0 Å². The van der Waals surface area contributed by atoms with Crippen LogP contribution in [0.4, 0.5) is 39.5 Å². The lowest BCUT2D eigenvalue weighted by molar-refractivity contribution is -0.157. The first-order valence-corrected chi connectivity index (χ1v) is 4.85. The summed E-state index contributed by atoms with van der Waals surface area (Å²) < 4.78 is 112. The van der Waals surface area contributed by atoms with E-state index >= 15 is 0 Å². The first-order chi connectivity index (χ1) is 8.74. The number of rotatable bonds is 1. The zero-order chi connectivity index (χ0) is 15.9. The lowest BCUT2D eigenvalue weighted by Gasteiger charge is -2.22. The van der Waals surface area contributed by atoms with Crippen LogP contribution in [-0.2, 0) is 12.4 Å². The highest BCUT2D eigenvalue weighted by molar-refractivity contribution is 5.38. The summed E-state index contributed by atoms with van der Waals surface area (Å²) in [6, 6.07) is -3.42. The van der Waals surface area contributed by atoms with Crippen LogP contribution in [0.3, 0.4) is 0 Å². The third kappa shape index (κ3) is 3.56. The van der Waals surface area contributed by atoms with E-state index in [4.69, 9.17) is 0 Å². The van der Waals surface area contributed by atoms with Crippen molar-refractivity contribution < 1.29 is 39.5 Å². The Morgan fingerprint density at radius 3 is 1.65 bits per heavy atom. The van der Waals surface area contributed by atoms with Gasteiger partial charge in [0.25, 0.3) is 0 Å². The van der Waals surface area contributed by atoms with Gasteiger partial charge < -0.3 is 5.73 Å². The van der Waals surface area contributed by atoms with Crippen molar-refractivity contribution in [1.29, 1.82) is 0 Å². The van der Waals surface area contributed by atoms with Crippen LogP contribution in [0, 0.1) is 0 Å². The maximum atomic E-state index is 12.5. The van der Waals surface area contributed by atoms with Crippen LogP contribution in [0.15, 0.2) is 18.2 Å². The second-order valence-corrected chi connectivity index (χ2v) is 3.82. The monoisotopic (exact) mass is 311 g/mol. The van der Waals surface area contributed by atoms with E-state index in [9.17, 15) is 39.5 Å². The summed E-state index contributed by atoms with van der Waals surface area (Å²) in [5.74, 6) is 0. The first-order valence-electron chi connectivity index (χ1n) is 4.85. The van der Waals surface area contributed by atoms with Crippen molar-refractivity contribution >= 4 is 0 Å². The van der Waals surface area contributed by atoms with Crippen LogP contribution in [0.5, 0.6) is 0 Å². The Balaban J connectivity index is 3.50. The molecule has 0 bridgehead atoms. The van der Waals surface area contributed by atoms with Crippen molar-refractivity contribution in [3.63, 3.8) is 0 Å². The van der Waals surface area contributed by atoms with Crippen molar-refractivity contribution in [1.82, 2.24) is 0 Å². The molecule has 0 saturated carbocycles. The maximum Gasteiger partial charge on any atom is 0.416 e. The summed E-state index contributed by atoms with van der Waals surface area (Å²) in [4.78, 5) is 0. The molecule has 0 radical (unpaired) electrons. The number of halogens is 9. The minimum atomic E-state index is -5.30. The van der Waals surface area contributed by atoms with Crippen molar-refractivity contribution in [2.75, 3.05) is 0 Å². The van der Waals surface area contributed by atoms with Crippen LogP contribution >= 0.6 is 0 Å². The summed E-state index contributed by atoms with van der Waals surface area (Å²) >= 11 is 0. The Morgan fingerprint density at radius 2 is 1.30 bits per heavy atom. The van der Waals surface area contributed by atoms with Gasteiger partial charge in [-0.15, -0.1) is 0 Å². The van der Waals surface area contributed by atoms with E-state index in [0.717, 1.165) is 0 Å². The molecule has 0 fully saturated rings. The molecular weight excluding hydrogens is 305 g/mol. The van der Waals surface area contributed by atoms with E-state index in [1.165, 1.54) is 0 Å². The van der Waals surface area contributed by atoms with Crippen LogP contribution in [0.25, 0.3) is 0 Å². The molecule has 1 rings (SSSR count). The Morgan fingerprint density at radius 1 is 0.800 bits per heavy atom. The number of benzene rings is 1. The summed E-state index contributed by atoms with van der Waals surface area (Å²) in [6.07, 6.45) is -15.6. The summed E-state index contributed by atoms with van der Waals surface area (Å²) in [5.41, 5.74) is -0.568. The molecule has 20 heavy (non-hydrogen) atoms. The highest BCUT2D eigenvalue weighted by atomic mass is 19.4. The predicted molar refractivity (Wildman–Crippen MR) is 49.4 cm³/mol. The predicted octanol–water partition coefficient (Wildman–Crippen LogP) is 4.29. The molecule has 1 nitrogen and oxygen atoms in total. The molecule has 0 unspecified atom stereocenters. The molecule has 10 heteroatoms. The highest BCUT2D eigenvalue weighted by Crippen LogP contribution is 2.41. The maximum absolute atomic E-state index is 12.5. The third-order valence-electron chi connectivity index (χ3n) is 2.37. The van der Waals surface area contributed by atoms with E-state index in [1.807, 2.05) is 0 Å². The minimum absolute atomic E-state index is 0.0510. The van der Waals surface area contributed by atoms with Crippen molar-refractivity contribution in [3.8, 4) is 0 Å². The van der Waals surface area contributed by atoms with E-state index in [-0.39, 0.29) is 18.2 Å². The highest BCUT2D eigenvalue weighted by Gasteiger charge is 2.45. The van der Waals surface area contributed by atoms with Gasteiger partial charge in [0.2, 0.25) is 0 Å². The van der Waals surface area contributed by atoms with E-state index in [1.54, 1.807) is 0 Å². The largest absolute Gasteiger partial charge is 0.416 e. The number of nitrogens with two attached hydrogens (primary N) is 1. The lowest BCUT2D eigenvalue weighted by atomic mass is 9.97. The topological polar surface area (TPSA) is 26.0 Å². The molecular formula is C10H6F9N. The zero-order valence-corrected chi connectivity index (χ0v) is 9.29. The summed E-state index contributed by atoms with van der Waals surface area (Å²) in [5, 5.41) is 0. The zero-order valence-electron chi connectivity index (χ0n) is 9.29. The van der Waals surface area contributed by atoms with Gasteiger partial charge in [-0.1, -0.05) is 0 Å². The molecule has 1 aromatic rings. The van der Waals surface area contributed by atoms with Crippen LogP contribution in [-0.4, -0.2) is 6.18 Å². The molecule has 0 amide bonds. The normalized spacial score (nSPS) is 15.3. The Kier molecular flexibility index (Phi) is 4.01. The van der Waals surface area contributed by atoms with E-state index in [2.05, 4.69) is 5.73 Å². The molecule has 0 saturated heterocycles. The molecule has 0 heterocycles. The molecule has 0 spiro atoms. The second kappa shape index (κ2) is 4.83. The lowest BCUT2D eigenvalue weighted by Crippen LogP contribution is -2.31. The number of alkyl halides is 9. The number of hydrogen-bond donors (Lipinski definition) is 1. The Hall–Kier alpha value is -1.45. The smallest absolute Gasteiger partial charge is 0.316 e. The molecule has 114 valence electrons. The fraction of sp³-hybridized carbons (Fsp3) is 0.400. The minimum Gasteiger partial charge on any atom is -0.316 e. The number of hydrogen-bond acceptors (Lipinski definition) is 1. The summed E-state index contributed by atoms with van der Waals surface area (Å²) in [6.45, 7) is 0. The Labute approximate surface area is 106 Å². The van der Waals surface area contributed by atoms with Gasteiger partial charge in [-0.25, -0.2) is 0 Å². The molecule has 1 aromatic carbocycles. The third-order valence-corrected chi connectivity index (χ3v) is 2.37. The fourth-order valence-corrected chi connectivity index (χ4v) is 1.43. The van der Waals surface area contributed by atoms with E-state index < -0.39 is 41.3 Å². The van der Waals surface area contributed by atoms with Gasteiger partial charge in [0, 0.05) is 0 Å². The Bertz CT molecular complexity index is 483. The first kappa shape index (κ1) is 16.6. The van der Waals surface area contributed by atoms with Crippen molar-refractivity contribution in [3.05, 3.63) is 34.9 Å². The van der Waals surface area contributed by atoms with Crippen LogP contribution in [0.2, 0.25) is 0 Å². The SMILES string of the molecule is N[C@@H](c1cc(C(F)(F)F)ccc1C(F)(F)F)C(F)(F)F. The van der Waals surface area contributed by atoms with Crippen molar-refractivity contribution in [2.45, 2.75) is 24.6 Å². The summed E-state index contributed by atoms with van der Waals surface area (Å²) in [7, 11) is 0. The van der Waals surface area contributed by atoms with Crippen LogP contribution in [0.1, 0.15) is 22.7 Å². The van der Waals surface area contributed by atoms with Gasteiger partial charge in [0.1, 0.15) is 6.04 Å². The molecule has 0 aliphatic heterocycles. The molecule has 0 aliphatic carbocycles. The van der Waals surface area contributed by atoms with Crippen LogP contribution < -0.4 is 5.73 Å². The molecule has 2 N–H and O–H groups in total. The van der Waals surface area contributed by atoms with Gasteiger partial charge in [0.05, 0.1) is 11.1 Å².